The number of rotatable bonds is 59. The van der Waals surface area contributed by atoms with Crippen LogP contribution in [-0.4, -0.2) is 290 Å². The molecule has 19 N–H and O–H groups in total. The van der Waals surface area contributed by atoms with Crippen LogP contribution < -0.4 is 16.0 Å². The van der Waals surface area contributed by atoms with E-state index in [2.05, 4.69) is 29.8 Å². The zero-order valence-electron chi connectivity index (χ0n) is 65.0. The van der Waals surface area contributed by atoms with Crippen molar-refractivity contribution in [1.82, 2.24) is 16.0 Å². The van der Waals surface area contributed by atoms with Crippen LogP contribution in [0.3, 0.4) is 0 Å². The Morgan fingerprint density at radius 1 is 0.495 bits per heavy atom. The van der Waals surface area contributed by atoms with Crippen LogP contribution in [0.2, 0.25) is 0 Å². The van der Waals surface area contributed by atoms with Gasteiger partial charge in [-0.1, -0.05) is 225 Å². The van der Waals surface area contributed by atoms with Crippen molar-refractivity contribution in [1.29, 1.82) is 0 Å². The van der Waals surface area contributed by atoms with Gasteiger partial charge < -0.3 is 136 Å². The lowest BCUT2D eigenvalue weighted by molar-refractivity contribution is -0.388. The van der Waals surface area contributed by atoms with Crippen molar-refractivity contribution in [2.45, 2.75) is 411 Å². The van der Waals surface area contributed by atoms with Crippen LogP contribution in [0, 0.1) is 0 Å². The molecule has 636 valence electrons. The van der Waals surface area contributed by atoms with Gasteiger partial charge in [-0.05, 0) is 19.3 Å². The molecule has 3 unspecified atom stereocenters. The van der Waals surface area contributed by atoms with Gasteiger partial charge in [0.1, 0.15) is 85.5 Å². The molecule has 0 aromatic heterocycles. The summed E-state index contributed by atoms with van der Waals surface area (Å²) in [5, 5.41) is 185. The maximum atomic E-state index is 13.6. The Kier molecular flexibility index (Phi) is 47.8. The smallest absolute Gasteiger partial charge is 0.364 e. The number of amides is 3. The molecule has 0 aliphatic carbocycles. The number of ether oxygens (including phenoxy) is 8. The van der Waals surface area contributed by atoms with Crippen LogP contribution >= 0.6 is 0 Å². The van der Waals surface area contributed by atoms with Crippen molar-refractivity contribution in [3.63, 3.8) is 0 Å². The Bertz CT molecular complexity index is 2530. The third-order valence-corrected chi connectivity index (χ3v) is 21.2. The van der Waals surface area contributed by atoms with E-state index in [4.69, 9.17) is 37.9 Å². The molecule has 0 saturated carbocycles. The van der Waals surface area contributed by atoms with Gasteiger partial charge in [0.15, 0.2) is 12.6 Å². The number of aliphatic hydroxyl groups is 14. The molecule has 4 rings (SSSR count). The fraction of sp³-hybridized carbons (Fsp3) is 0.909. The molecule has 0 aromatic rings. The molecule has 0 radical (unpaired) electrons. The minimum absolute atomic E-state index is 0.156. The summed E-state index contributed by atoms with van der Waals surface area (Å²) in [6.45, 7) is 1.14. The summed E-state index contributed by atoms with van der Waals surface area (Å²) in [5.74, 6) is -13.1. The van der Waals surface area contributed by atoms with Crippen LogP contribution in [0.15, 0.2) is 12.2 Å². The predicted octanol–water partition coefficient (Wildman–Crippen LogP) is 3.07. The highest BCUT2D eigenvalue weighted by Crippen LogP contribution is 2.41. The van der Waals surface area contributed by atoms with E-state index in [0.29, 0.717) is 12.8 Å². The number of allylic oxidation sites excluding steroid dienone is 1. The molecule has 0 spiro atoms. The number of hydrogen-bond donors (Lipinski definition) is 19. The van der Waals surface area contributed by atoms with Gasteiger partial charge in [0.05, 0.1) is 69.5 Å². The van der Waals surface area contributed by atoms with Crippen LogP contribution in [0.25, 0.3) is 0 Å². The van der Waals surface area contributed by atoms with Crippen molar-refractivity contribution in [2.24, 2.45) is 0 Å². The Labute approximate surface area is 643 Å². The monoisotopic (exact) mass is 1570 g/mol. The van der Waals surface area contributed by atoms with E-state index in [9.17, 15) is 106 Å². The highest BCUT2D eigenvalue weighted by atomic mass is 16.8. The highest BCUT2D eigenvalue weighted by Gasteiger charge is 2.62. The minimum Gasteiger partial charge on any atom is -0.477 e. The van der Waals surface area contributed by atoms with E-state index in [1.807, 2.05) is 6.08 Å². The van der Waals surface area contributed by atoms with Gasteiger partial charge in [0.25, 0.3) is 11.6 Å². The van der Waals surface area contributed by atoms with Gasteiger partial charge in [-0.3, -0.25) is 14.4 Å². The first-order chi connectivity index (χ1) is 52.2. The number of hydrogen-bond acceptors (Lipinski definition) is 27. The topological polar surface area (TPSA) is 519 Å². The first-order valence-corrected chi connectivity index (χ1v) is 40.7. The first kappa shape index (κ1) is 97.6. The Morgan fingerprint density at radius 2 is 0.917 bits per heavy atom. The second-order valence-electron chi connectivity index (χ2n) is 30.4. The molecule has 4 saturated heterocycles. The molecule has 32 heteroatoms. The number of aliphatic carboxylic acids is 2. The molecule has 0 bridgehead atoms. The maximum Gasteiger partial charge on any atom is 0.364 e. The third-order valence-electron chi connectivity index (χ3n) is 21.2. The molecule has 4 aliphatic heterocycles. The predicted molar refractivity (Wildman–Crippen MR) is 395 cm³/mol. The molecule has 0 aromatic carbocycles. The highest BCUT2D eigenvalue weighted by molar-refractivity contribution is 5.78. The standard InChI is InChI=1S/C77H139N3O29/c1-5-7-9-11-13-15-17-19-20-21-22-23-24-25-26-27-29-31-33-35-37-39-41-59(91)80-51(52(87)40-38-36-34-32-30-28-18-16-14-12-10-8-6-2)48-102-72-66(96)65(95)68(58(47-84)104-72)105-73-67(97)71(63(93)56(45-82)103-73)109-77(75(100)101)43-54(89)61(79-50(4)86)70(108-77)64(94)57(46-83)106-76(74(98)99)42-53(88)60(78-49(3)85)69(107-76)62(92)55(90)44-81/h38,40,51-58,60-73,81-84,87-90,92-97H,5-37,39,41-48H2,1-4H3,(H,78,85)(H,79,86)(H,80,91)(H,98,99)(H,100,101)/b40-38+/t51-,52+,53-,54-,55+,56+,57+,58+,60+,61+,62+,63-,64+,65+,66?,67+,68+,69?,70?,71-,72+,73-,76+,77-/m0/s1. The van der Waals surface area contributed by atoms with Gasteiger partial charge in [-0.2, -0.15) is 0 Å². The largest absolute Gasteiger partial charge is 0.477 e. The molecule has 24 atom stereocenters. The molecule has 32 nitrogen and oxygen atoms in total. The Hall–Kier alpha value is -3.79. The summed E-state index contributed by atoms with van der Waals surface area (Å²) < 4.78 is 46.6. The van der Waals surface area contributed by atoms with E-state index in [0.717, 1.165) is 65.2 Å². The van der Waals surface area contributed by atoms with Crippen LogP contribution in [0.5, 0.6) is 0 Å². The summed E-state index contributed by atoms with van der Waals surface area (Å²) >= 11 is 0. The molecular weight excluding hydrogens is 1430 g/mol. The molecule has 4 aliphatic rings. The molecule has 4 heterocycles. The molecule has 3 amide bonds. The zero-order chi connectivity index (χ0) is 80.5. The Morgan fingerprint density at radius 3 is 1.35 bits per heavy atom. The SMILES string of the molecule is CCCCCCCCCCCCC/C=C/[C@@H](O)[C@H](CO[C@@H]1O[C@H](CO)[C@@H](O[C@@H]2O[C@H](CO)[C@H](O)[C@H](O[C@]3(C(=O)O)C[C@H](O)[C@@H](NC(C)=O)C([C@H](O)[C@@H](CO)O[C@]4(C(=O)O)C[C@H](O)[C@@H](NC(C)=O)C([C@H](O)[C@H](O)CO)O4)O3)[C@H]2O)[C@H](O)C1O)NC(=O)CCCCCCCCCCCCCCCCCCCCCCCC. The van der Waals surface area contributed by atoms with E-state index in [-0.39, 0.29) is 12.3 Å². The van der Waals surface area contributed by atoms with Crippen molar-refractivity contribution < 1.29 is 144 Å². The first-order valence-electron chi connectivity index (χ1n) is 40.7. The number of carbonyl (C=O) groups is 5. The van der Waals surface area contributed by atoms with Gasteiger partial charge in [-0.25, -0.2) is 9.59 Å². The Balaban J connectivity index is 1.43. The minimum atomic E-state index is -3.39. The summed E-state index contributed by atoms with van der Waals surface area (Å²) in [5.41, 5.74) is 0. The zero-order valence-corrected chi connectivity index (χ0v) is 65.0. The van der Waals surface area contributed by atoms with E-state index >= 15 is 0 Å². The van der Waals surface area contributed by atoms with Crippen LogP contribution in [-0.2, 0) is 61.9 Å². The van der Waals surface area contributed by atoms with E-state index < -0.39 is 216 Å². The average molecular weight is 1570 g/mol. The molecule has 4 fully saturated rings. The lowest BCUT2D eigenvalue weighted by Crippen LogP contribution is -2.72. The van der Waals surface area contributed by atoms with Crippen LogP contribution in [0.4, 0.5) is 0 Å². The summed E-state index contributed by atoms with van der Waals surface area (Å²) in [6.07, 6.45) is 1.39. The fourth-order valence-corrected chi connectivity index (χ4v) is 14.8. The van der Waals surface area contributed by atoms with Gasteiger partial charge >= 0.3 is 11.9 Å². The lowest BCUT2D eigenvalue weighted by Gasteiger charge is -2.51. The second-order valence-corrected chi connectivity index (χ2v) is 30.4. The van der Waals surface area contributed by atoms with Crippen LogP contribution in [0.1, 0.15) is 265 Å². The van der Waals surface area contributed by atoms with E-state index in [1.54, 1.807) is 6.08 Å². The molecular formula is C77H139N3O29. The third kappa shape index (κ3) is 32.8. The van der Waals surface area contributed by atoms with Crippen molar-refractivity contribution >= 4 is 29.7 Å². The van der Waals surface area contributed by atoms with Gasteiger partial charge in [0.2, 0.25) is 17.7 Å². The number of aliphatic hydroxyl groups excluding tert-OH is 14. The average Bonchev–Trinajstić information content (AvgIpc) is 0.754. The second kappa shape index (κ2) is 53.4. The van der Waals surface area contributed by atoms with E-state index in [1.165, 1.54) is 154 Å². The number of carboxylic acids is 2. The van der Waals surface area contributed by atoms with Gasteiger partial charge in [0, 0.05) is 33.1 Å². The lowest BCUT2D eigenvalue weighted by atomic mass is 9.87. The molecule has 109 heavy (non-hydrogen) atoms. The normalized spacial score (nSPS) is 30.5. The number of nitrogens with one attached hydrogen (secondary N) is 3. The number of carboxylic acid groups (broad SMARTS) is 2. The van der Waals surface area contributed by atoms with Crippen molar-refractivity contribution in [3.8, 4) is 0 Å². The van der Waals surface area contributed by atoms with Gasteiger partial charge in [-0.15, -0.1) is 0 Å². The summed E-state index contributed by atoms with van der Waals surface area (Å²) in [7, 11) is 0. The fourth-order valence-electron chi connectivity index (χ4n) is 14.8. The number of carbonyl (C=O) groups excluding carboxylic acids is 3. The van der Waals surface area contributed by atoms with Crippen molar-refractivity contribution in [2.75, 3.05) is 33.0 Å². The number of unbranched alkanes of at least 4 members (excludes halogenated alkanes) is 32. The summed E-state index contributed by atoms with van der Waals surface area (Å²) in [4.78, 5) is 65.1. The summed E-state index contributed by atoms with van der Waals surface area (Å²) in [6, 6.07) is -4.73. The van der Waals surface area contributed by atoms with Crippen molar-refractivity contribution in [3.05, 3.63) is 12.2 Å². The quantitative estimate of drug-likeness (QED) is 0.0307. The maximum absolute atomic E-state index is 13.6.